The van der Waals surface area contributed by atoms with Crippen LogP contribution in [0.5, 0.6) is 0 Å². The van der Waals surface area contributed by atoms with Gasteiger partial charge in [0.25, 0.3) is 0 Å². The van der Waals surface area contributed by atoms with Crippen LogP contribution >= 0.6 is 11.3 Å². The molecule has 4 nitrogen and oxygen atoms in total. The summed E-state index contributed by atoms with van der Waals surface area (Å²) < 4.78 is 5.61. The fraction of sp³-hybridized carbons (Fsp3) is 0.571. The molecule has 0 spiro atoms. The first-order valence-corrected chi connectivity index (χ1v) is 7.43. The highest BCUT2D eigenvalue weighted by molar-refractivity contribution is 7.18. The maximum Gasteiger partial charge on any atom is 0.163 e. The number of ether oxygens (including phenoxy) is 1. The van der Waals surface area contributed by atoms with Crippen molar-refractivity contribution in [1.29, 1.82) is 0 Å². The van der Waals surface area contributed by atoms with Crippen LogP contribution in [-0.4, -0.2) is 23.6 Å². The highest BCUT2D eigenvalue weighted by Crippen LogP contribution is 2.33. The summed E-state index contributed by atoms with van der Waals surface area (Å²) in [6.45, 7) is 9.13. The summed E-state index contributed by atoms with van der Waals surface area (Å²) >= 11 is 1.70. The third kappa shape index (κ3) is 2.58. The Kier molecular flexibility index (Phi) is 4.06. The highest BCUT2D eigenvalue weighted by atomic mass is 32.1. The summed E-state index contributed by atoms with van der Waals surface area (Å²) in [5, 5.41) is 4.42. The number of nitrogens with zero attached hydrogens (tertiary/aromatic N) is 2. The third-order valence-electron chi connectivity index (χ3n) is 3.46. The zero-order valence-electron chi connectivity index (χ0n) is 12.2. The highest BCUT2D eigenvalue weighted by Gasteiger charge is 2.28. The lowest BCUT2D eigenvalue weighted by atomic mass is 10.0. The molecule has 0 bridgehead atoms. The molecule has 0 radical (unpaired) electrons. The molecule has 0 fully saturated rings. The van der Waals surface area contributed by atoms with Crippen molar-refractivity contribution in [2.24, 2.45) is 0 Å². The minimum Gasteiger partial charge on any atom is -0.371 e. The lowest BCUT2D eigenvalue weighted by molar-refractivity contribution is -0.00854. The molecule has 0 aromatic carbocycles. The van der Waals surface area contributed by atoms with E-state index in [-0.39, 0.29) is 0 Å². The van der Waals surface area contributed by atoms with Crippen LogP contribution in [0.4, 0.5) is 5.82 Å². The van der Waals surface area contributed by atoms with Crippen LogP contribution in [0, 0.1) is 6.92 Å². The Bertz CT molecular complexity index is 575. The molecule has 5 heteroatoms. The minimum atomic E-state index is -0.434. The third-order valence-corrected chi connectivity index (χ3v) is 4.40. The molecule has 2 aromatic heterocycles. The summed E-state index contributed by atoms with van der Waals surface area (Å²) in [6.07, 6.45) is 0.838. The van der Waals surface area contributed by atoms with Crippen LogP contribution in [0.15, 0.2) is 6.07 Å². The predicted octanol–water partition coefficient (Wildman–Crippen LogP) is 3.70. The number of fused-ring (bicyclic) bond motifs is 1. The largest absolute Gasteiger partial charge is 0.371 e. The molecule has 19 heavy (non-hydrogen) atoms. The number of hydrogen-bond donors (Lipinski definition) is 1. The summed E-state index contributed by atoms with van der Waals surface area (Å²) in [4.78, 5) is 11.6. The summed E-state index contributed by atoms with van der Waals surface area (Å²) in [6, 6.07) is 2.14. The quantitative estimate of drug-likeness (QED) is 0.906. The fourth-order valence-corrected chi connectivity index (χ4v) is 2.85. The van der Waals surface area contributed by atoms with Crippen molar-refractivity contribution in [3.05, 3.63) is 16.8 Å². The van der Waals surface area contributed by atoms with E-state index >= 15 is 0 Å². The standard InChI is InChI=1S/C14H21N3OS/c1-6-14(4,18-5)13-16-11(15-7-2)10-8-9(3)19-12(10)17-13/h8H,6-7H2,1-5H3,(H,15,16,17). The molecule has 0 aliphatic heterocycles. The maximum absolute atomic E-state index is 5.61. The number of thiophene rings is 1. The molecule has 2 aromatic rings. The molecule has 1 atom stereocenters. The van der Waals surface area contributed by atoms with E-state index in [0.717, 1.165) is 34.8 Å². The molecule has 104 valence electrons. The lowest BCUT2D eigenvalue weighted by Gasteiger charge is -2.25. The van der Waals surface area contributed by atoms with Crippen LogP contribution < -0.4 is 5.32 Å². The van der Waals surface area contributed by atoms with Crippen molar-refractivity contribution in [3.8, 4) is 0 Å². The average molecular weight is 279 g/mol. The van der Waals surface area contributed by atoms with Gasteiger partial charge in [-0.1, -0.05) is 6.92 Å². The van der Waals surface area contributed by atoms with Gasteiger partial charge in [0.15, 0.2) is 5.82 Å². The second-order valence-electron chi connectivity index (χ2n) is 4.79. The van der Waals surface area contributed by atoms with Gasteiger partial charge in [-0.2, -0.15) is 0 Å². The number of aryl methyl sites for hydroxylation is 1. The van der Waals surface area contributed by atoms with Crippen molar-refractivity contribution in [2.75, 3.05) is 19.0 Å². The van der Waals surface area contributed by atoms with Gasteiger partial charge in [0, 0.05) is 18.5 Å². The Morgan fingerprint density at radius 2 is 2.11 bits per heavy atom. The van der Waals surface area contributed by atoms with Crippen LogP contribution in [0.2, 0.25) is 0 Å². The van der Waals surface area contributed by atoms with E-state index in [0.29, 0.717) is 0 Å². The molecule has 0 saturated heterocycles. The predicted molar refractivity (Wildman–Crippen MR) is 81.0 cm³/mol. The molecule has 0 amide bonds. The first-order chi connectivity index (χ1) is 9.04. The SMILES string of the molecule is CCNc1nc(C(C)(CC)OC)nc2sc(C)cc12. The van der Waals surface area contributed by atoms with Gasteiger partial charge in [-0.25, -0.2) is 9.97 Å². The molecule has 0 aliphatic rings. The second kappa shape index (κ2) is 5.43. The van der Waals surface area contributed by atoms with Crippen molar-refractivity contribution in [3.63, 3.8) is 0 Å². The van der Waals surface area contributed by atoms with Gasteiger partial charge >= 0.3 is 0 Å². The van der Waals surface area contributed by atoms with Gasteiger partial charge in [0.05, 0.1) is 5.39 Å². The number of aromatic nitrogens is 2. The zero-order chi connectivity index (χ0) is 14.0. The van der Waals surface area contributed by atoms with E-state index in [9.17, 15) is 0 Å². The Morgan fingerprint density at radius 3 is 2.68 bits per heavy atom. The van der Waals surface area contributed by atoms with Gasteiger partial charge in [-0.05, 0) is 33.3 Å². The van der Waals surface area contributed by atoms with Crippen LogP contribution in [0.25, 0.3) is 10.2 Å². The van der Waals surface area contributed by atoms with Crippen LogP contribution in [0.1, 0.15) is 37.9 Å². The van der Waals surface area contributed by atoms with Gasteiger partial charge < -0.3 is 10.1 Å². The number of hydrogen-bond acceptors (Lipinski definition) is 5. The van der Waals surface area contributed by atoms with E-state index in [1.54, 1.807) is 18.4 Å². The van der Waals surface area contributed by atoms with E-state index in [1.807, 2.05) is 6.92 Å². The Labute approximate surface area is 118 Å². The number of nitrogens with one attached hydrogen (secondary N) is 1. The molecule has 0 saturated carbocycles. The summed E-state index contributed by atoms with van der Waals surface area (Å²) in [5.74, 6) is 1.66. The normalized spacial score (nSPS) is 14.6. The number of rotatable bonds is 5. The van der Waals surface area contributed by atoms with Crippen molar-refractivity contribution in [2.45, 2.75) is 39.7 Å². The molecule has 0 aliphatic carbocycles. The smallest absolute Gasteiger partial charge is 0.163 e. The topological polar surface area (TPSA) is 47.0 Å². The van der Waals surface area contributed by atoms with Crippen LogP contribution in [-0.2, 0) is 10.3 Å². The summed E-state index contributed by atoms with van der Waals surface area (Å²) in [7, 11) is 1.71. The van der Waals surface area contributed by atoms with Gasteiger partial charge in [-0.15, -0.1) is 11.3 Å². The van der Waals surface area contributed by atoms with Gasteiger partial charge in [-0.3, -0.25) is 0 Å². The van der Waals surface area contributed by atoms with E-state index in [2.05, 4.69) is 37.1 Å². The van der Waals surface area contributed by atoms with Gasteiger partial charge in [0.1, 0.15) is 16.2 Å². The maximum atomic E-state index is 5.61. The van der Waals surface area contributed by atoms with Gasteiger partial charge in [0.2, 0.25) is 0 Å². The lowest BCUT2D eigenvalue weighted by Crippen LogP contribution is -2.26. The Hall–Kier alpha value is -1.20. The first kappa shape index (κ1) is 14.2. The summed E-state index contributed by atoms with van der Waals surface area (Å²) in [5.41, 5.74) is -0.434. The van der Waals surface area contributed by atoms with E-state index in [4.69, 9.17) is 9.72 Å². The Morgan fingerprint density at radius 1 is 1.37 bits per heavy atom. The monoisotopic (exact) mass is 279 g/mol. The first-order valence-electron chi connectivity index (χ1n) is 6.61. The Balaban J connectivity index is 2.63. The van der Waals surface area contributed by atoms with E-state index < -0.39 is 5.60 Å². The number of methoxy groups -OCH3 is 1. The molecule has 2 rings (SSSR count). The zero-order valence-corrected chi connectivity index (χ0v) is 13.0. The van der Waals surface area contributed by atoms with Crippen molar-refractivity contribution in [1.82, 2.24) is 9.97 Å². The average Bonchev–Trinajstić information content (AvgIpc) is 2.78. The van der Waals surface area contributed by atoms with Crippen molar-refractivity contribution >= 4 is 27.4 Å². The molecule has 2 heterocycles. The molecule has 1 N–H and O–H groups in total. The van der Waals surface area contributed by atoms with Crippen LogP contribution in [0.3, 0.4) is 0 Å². The second-order valence-corrected chi connectivity index (χ2v) is 6.03. The molecular weight excluding hydrogens is 258 g/mol. The number of anilines is 1. The fourth-order valence-electron chi connectivity index (χ4n) is 1.97. The van der Waals surface area contributed by atoms with E-state index in [1.165, 1.54) is 4.88 Å². The molecule has 1 unspecified atom stereocenters. The van der Waals surface area contributed by atoms with Crippen molar-refractivity contribution < 1.29 is 4.74 Å². The molecular formula is C14H21N3OS. The minimum absolute atomic E-state index is 0.434.